The summed E-state index contributed by atoms with van der Waals surface area (Å²) >= 11 is 0. The van der Waals surface area contributed by atoms with Gasteiger partial charge in [-0.05, 0) is 37.1 Å². The Balaban J connectivity index is 1.75. The van der Waals surface area contributed by atoms with E-state index in [0.717, 1.165) is 48.3 Å². The molecule has 7 heteroatoms. The van der Waals surface area contributed by atoms with Crippen LogP contribution in [0.1, 0.15) is 25.1 Å². The molecular weight excluding hydrogens is 366 g/mol. The van der Waals surface area contributed by atoms with Crippen molar-refractivity contribution in [3.63, 3.8) is 0 Å². The number of nitrogens with zero attached hydrogens (tertiary/aromatic N) is 4. The van der Waals surface area contributed by atoms with Crippen molar-refractivity contribution in [3.05, 3.63) is 47.9 Å². The fourth-order valence-corrected chi connectivity index (χ4v) is 3.90. The zero-order chi connectivity index (χ0) is 20.6. The highest BCUT2D eigenvalue weighted by Crippen LogP contribution is 2.30. The minimum atomic E-state index is -0.389. The van der Waals surface area contributed by atoms with Gasteiger partial charge in [0, 0.05) is 42.8 Å². The molecule has 1 aliphatic rings. The van der Waals surface area contributed by atoms with Gasteiger partial charge in [-0.15, -0.1) is 0 Å². The number of carbonyl (C=O) groups excluding carboxylic acids is 1. The third-order valence-corrected chi connectivity index (χ3v) is 5.49. The van der Waals surface area contributed by atoms with Crippen molar-refractivity contribution >= 4 is 16.8 Å². The summed E-state index contributed by atoms with van der Waals surface area (Å²) in [5, 5.41) is 5.33. The van der Waals surface area contributed by atoms with Gasteiger partial charge < -0.3 is 10.5 Å². The van der Waals surface area contributed by atoms with E-state index in [4.69, 9.17) is 15.5 Å². The van der Waals surface area contributed by atoms with Crippen LogP contribution in [0.5, 0.6) is 0 Å². The van der Waals surface area contributed by atoms with Crippen LogP contribution in [0, 0.1) is 0 Å². The topological polar surface area (TPSA) is 86.3 Å². The third-order valence-electron chi connectivity index (χ3n) is 5.49. The van der Waals surface area contributed by atoms with Crippen LogP contribution < -0.4 is 5.73 Å². The van der Waals surface area contributed by atoms with Gasteiger partial charge in [-0.3, -0.25) is 19.4 Å². The molecule has 1 saturated heterocycles. The van der Waals surface area contributed by atoms with Gasteiger partial charge in [0.25, 0.3) is 0 Å². The lowest BCUT2D eigenvalue weighted by molar-refractivity contribution is -0.117. The molecule has 3 aromatic rings. The summed E-state index contributed by atoms with van der Waals surface area (Å²) in [4.78, 5) is 18.7. The van der Waals surface area contributed by atoms with Crippen molar-refractivity contribution < 1.29 is 9.53 Å². The summed E-state index contributed by atoms with van der Waals surface area (Å²) < 4.78 is 7.40. The van der Waals surface area contributed by atoms with E-state index in [1.165, 1.54) is 5.56 Å². The fourth-order valence-electron chi connectivity index (χ4n) is 3.90. The number of ether oxygens (including phenoxy) is 1. The van der Waals surface area contributed by atoms with E-state index in [1.807, 2.05) is 25.5 Å². The number of pyridine rings is 1. The van der Waals surface area contributed by atoms with Gasteiger partial charge in [-0.1, -0.05) is 12.1 Å². The molecule has 4 rings (SSSR count). The van der Waals surface area contributed by atoms with Crippen molar-refractivity contribution in [1.82, 2.24) is 19.7 Å². The third kappa shape index (κ3) is 4.16. The normalized spacial score (nSPS) is 16.9. The Bertz CT molecular complexity index is 1060. The Morgan fingerprint density at radius 2 is 2.14 bits per heavy atom. The molecule has 3 heterocycles. The first-order valence-corrected chi connectivity index (χ1v) is 9.84. The predicted octanol–water partition coefficient (Wildman–Crippen LogP) is 2.27. The predicted molar refractivity (Wildman–Crippen MR) is 112 cm³/mol. The summed E-state index contributed by atoms with van der Waals surface area (Å²) in [7, 11) is 1.89. The van der Waals surface area contributed by atoms with E-state index in [2.05, 4.69) is 42.0 Å². The van der Waals surface area contributed by atoms with Crippen molar-refractivity contribution in [1.29, 1.82) is 0 Å². The second kappa shape index (κ2) is 7.57. The Labute approximate surface area is 170 Å². The molecule has 0 bridgehead atoms. The number of aryl methyl sites for hydroxylation is 1. The Hall–Kier alpha value is -2.77. The highest BCUT2D eigenvalue weighted by atomic mass is 16.5. The van der Waals surface area contributed by atoms with E-state index in [0.29, 0.717) is 5.69 Å². The number of amides is 1. The van der Waals surface area contributed by atoms with Crippen LogP contribution in [0.3, 0.4) is 0 Å². The molecule has 1 aromatic carbocycles. The molecule has 1 amide bonds. The maximum atomic E-state index is 11.5. The molecule has 152 valence electrons. The van der Waals surface area contributed by atoms with E-state index >= 15 is 0 Å². The van der Waals surface area contributed by atoms with Crippen LogP contribution in [0.15, 0.2) is 36.7 Å². The van der Waals surface area contributed by atoms with Crippen LogP contribution in [-0.2, 0) is 29.5 Å². The molecule has 1 fully saturated rings. The Morgan fingerprint density at radius 3 is 2.83 bits per heavy atom. The molecule has 0 aliphatic carbocycles. The first-order chi connectivity index (χ1) is 13.8. The van der Waals surface area contributed by atoms with E-state index in [1.54, 1.807) is 4.68 Å². The molecule has 7 nitrogen and oxygen atoms in total. The molecule has 2 aromatic heterocycles. The number of carbonyl (C=O) groups is 1. The molecule has 29 heavy (non-hydrogen) atoms. The minimum Gasteiger partial charge on any atom is -0.378 e. The molecule has 0 unspecified atom stereocenters. The van der Waals surface area contributed by atoms with Crippen molar-refractivity contribution in [2.24, 2.45) is 12.8 Å². The highest BCUT2D eigenvalue weighted by molar-refractivity contribution is 5.95. The number of aromatic nitrogens is 3. The number of nitrogens with two attached hydrogens (primary N) is 1. The lowest BCUT2D eigenvalue weighted by Gasteiger charge is -2.42. The summed E-state index contributed by atoms with van der Waals surface area (Å²) in [6.45, 7) is 7.63. The monoisotopic (exact) mass is 393 g/mol. The molecular formula is C22H27N5O2. The van der Waals surface area contributed by atoms with E-state index < -0.39 is 0 Å². The summed E-state index contributed by atoms with van der Waals surface area (Å²) in [6.07, 6.45) is 3.91. The lowest BCUT2D eigenvalue weighted by Crippen LogP contribution is -2.52. The standard InChI is InChI=1S/C22H27N5O2/c1-22(2)14-29-7-6-27(22)12-15-4-5-18-19(16-11-24-26(3)13-16)9-17(10-21(23)28)25-20(18)8-15/h4-5,8-9,11,13H,6-7,10,12,14H2,1-3H3,(H2,23,28). The fraction of sp³-hybridized carbons (Fsp3) is 0.409. The Kier molecular flexibility index (Phi) is 5.10. The van der Waals surface area contributed by atoms with Gasteiger partial charge in [0.2, 0.25) is 5.91 Å². The van der Waals surface area contributed by atoms with Crippen LogP contribution in [0.25, 0.3) is 22.0 Å². The van der Waals surface area contributed by atoms with Gasteiger partial charge in [-0.2, -0.15) is 5.10 Å². The molecule has 0 saturated carbocycles. The second-order valence-electron chi connectivity index (χ2n) is 8.34. The van der Waals surface area contributed by atoms with Gasteiger partial charge in [-0.25, -0.2) is 0 Å². The van der Waals surface area contributed by atoms with Crippen LogP contribution in [-0.4, -0.2) is 50.9 Å². The van der Waals surface area contributed by atoms with Crippen LogP contribution in [0.2, 0.25) is 0 Å². The SMILES string of the molecule is Cn1cc(-c2cc(CC(N)=O)nc3cc(CN4CCOCC4(C)C)ccc23)cn1. The van der Waals surface area contributed by atoms with Gasteiger partial charge >= 0.3 is 0 Å². The first kappa shape index (κ1) is 19.5. The average molecular weight is 393 g/mol. The highest BCUT2D eigenvalue weighted by Gasteiger charge is 2.30. The largest absolute Gasteiger partial charge is 0.378 e. The van der Waals surface area contributed by atoms with E-state index in [9.17, 15) is 4.79 Å². The van der Waals surface area contributed by atoms with Crippen molar-refractivity contribution in [2.45, 2.75) is 32.4 Å². The number of hydrogen-bond donors (Lipinski definition) is 1. The minimum absolute atomic E-state index is 0.00464. The quantitative estimate of drug-likeness (QED) is 0.719. The maximum absolute atomic E-state index is 11.5. The number of morpholine rings is 1. The number of benzene rings is 1. The lowest BCUT2D eigenvalue weighted by atomic mass is 9.98. The van der Waals surface area contributed by atoms with Crippen molar-refractivity contribution in [3.8, 4) is 11.1 Å². The molecule has 0 radical (unpaired) electrons. The number of fused-ring (bicyclic) bond motifs is 1. The van der Waals surface area contributed by atoms with Gasteiger partial charge in [0.1, 0.15) is 0 Å². The van der Waals surface area contributed by atoms with Crippen LogP contribution in [0.4, 0.5) is 0 Å². The second-order valence-corrected chi connectivity index (χ2v) is 8.34. The number of hydrogen-bond acceptors (Lipinski definition) is 5. The summed E-state index contributed by atoms with van der Waals surface area (Å²) in [5.41, 5.74) is 10.2. The summed E-state index contributed by atoms with van der Waals surface area (Å²) in [6, 6.07) is 8.32. The number of rotatable bonds is 5. The van der Waals surface area contributed by atoms with E-state index in [-0.39, 0.29) is 17.9 Å². The average Bonchev–Trinajstić information content (AvgIpc) is 3.08. The van der Waals surface area contributed by atoms with Gasteiger partial charge in [0.15, 0.2) is 0 Å². The molecule has 1 aliphatic heterocycles. The number of primary amides is 1. The van der Waals surface area contributed by atoms with Gasteiger partial charge in [0.05, 0.1) is 37.0 Å². The maximum Gasteiger partial charge on any atom is 0.223 e. The van der Waals surface area contributed by atoms with Crippen LogP contribution >= 0.6 is 0 Å². The first-order valence-electron chi connectivity index (χ1n) is 9.84. The Morgan fingerprint density at radius 1 is 1.31 bits per heavy atom. The molecule has 0 spiro atoms. The smallest absolute Gasteiger partial charge is 0.223 e. The zero-order valence-electron chi connectivity index (χ0n) is 17.2. The van der Waals surface area contributed by atoms with Crippen molar-refractivity contribution in [2.75, 3.05) is 19.8 Å². The molecule has 2 N–H and O–H groups in total. The zero-order valence-corrected chi connectivity index (χ0v) is 17.2. The molecule has 0 atom stereocenters. The summed E-state index contributed by atoms with van der Waals surface area (Å²) in [5.74, 6) is -0.389.